The summed E-state index contributed by atoms with van der Waals surface area (Å²) in [7, 11) is -0.632. The highest BCUT2D eigenvalue weighted by Crippen LogP contribution is 2.36. The molecule has 1 heterocycles. The monoisotopic (exact) mass is 328 g/mol. The van der Waals surface area contributed by atoms with E-state index in [2.05, 4.69) is 84.9 Å². The number of hydrogen-bond donors (Lipinski definition) is 0. The molecule has 3 aromatic carbocycles. The smallest absolute Gasteiger partial charge is 0.134 e. The van der Waals surface area contributed by atoms with Crippen LogP contribution in [0.2, 0.25) is 0 Å². The Hall–Kier alpha value is -2.63. The zero-order valence-corrected chi connectivity index (χ0v) is 14.1. The molecule has 0 N–H and O–H groups in total. The Kier molecular flexibility index (Phi) is 4.27. The Morgan fingerprint density at radius 1 is 0.542 bits per heavy atom. The molecule has 0 aliphatic rings. The van der Waals surface area contributed by atoms with Crippen molar-refractivity contribution in [1.82, 2.24) is 0 Å². The summed E-state index contributed by atoms with van der Waals surface area (Å²) in [5.41, 5.74) is 1.17. The standard InChI is InChI=1S/C22H17OP/c1-3-10-18(11-4-1)24(19-12-5-2-6-13-19)22-16-8-7-14-20(22)21-15-9-17-23-21/h1-17H. The van der Waals surface area contributed by atoms with Crippen LogP contribution in [0, 0.1) is 0 Å². The van der Waals surface area contributed by atoms with Crippen molar-refractivity contribution in [2.75, 3.05) is 0 Å². The van der Waals surface area contributed by atoms with Gasteiger partial charge in [-0.1, -0.05) is 84.9 Å². The van der Waals surface area contributed by atoms with Crippen molar-refractivity contribution < 1.29 is 4.42 Å². The molecule has 0 spiro atoms. The molecular formula is C22H17OP. The lowest BCUT2D eigenvalue weighted by atomic mass is 10.2. The van der Waals surface area contributed by atoms with Crippen molar-refractivity contribution >= 4 is 23.8 Å². The van der Waals surface area contributed by atoms with Crippen molar-refractivity contribution in [1.29, 1.82) is 0 Å². The second-order valence-electron chi connectivity index (χ2n) is 5.50. The Balaban J connectivity index is 1.93. The first kappa shape index (κ1) is 14.9. The largest absolute Gasteiger partial charge is 0.464 e. The predicted molar refractivity (Wildman–Crippen MR) is 103 cm³/mol. The molecule has 0 radical (unpaired) electrons. The van der Waals surface area contributed by atoms with E-state index >= 15 is 0 Å². The topological polar surface area (TPSA) is 13.1 Å². The number of furan rings is 1. The predicted octanol–water partition coefficient (Wildman–Crippen LogP) is 4.70. The van der Waals surface area contributed by atoms with Crippen molar-refractivity contribution in [3.63, 3.8) is 0 Å². The fourth-order valence-electron chi connectivity index (χ4n) is 2.89. The maximum absolute atomic E-state index is 5.69. The third-order valence-electron chi connectivity index (χ3n) is 3.96. The molecule has 2 heteroatoms. The van der Waals surface area contributed by atoms with Crippen LogP contribution < -0.4 is 15.9 Å². The highest BCUT2D eigenvalue weighted by atomic mass is 31.1. The van der Waals surface area contributed by atoms with Gasteiger partial charge in [0.15, 0.2) is 0 Å². The van der Waals surface area contributed by atoms with E-state index in [0.29, 0.717) is 0 Å². The van der Waals surface area contributed by atoms with E-state index in [1.54, 1.807) is 6.26 Å². The van der Waals surface area contributed by atoms with Crippen molar-refractivity contribution in [2.45, 2.75) is 0 Å². The summed E-state index contributed by atoms with van der Waals surface area (Å²) in [6.07, 6.45) is 1.74. The van der Waals surface area contributed by atoms with Gasteiger partial charge in [-0.25, -0.2) is 0 Å². The van der Waals surface area contributed by atoms with E-state index in [1.807, 2.05) is 12.1 Å². The van der Waals surface area contributed by atoms with Gasteiger partial charge in [-0.2, -0.15) is 0 Å². The van der Waals surface area contributed by atoms with Gasteiger partial charge in [-0.15, -0.1) is 0 Å². The second-order valence-corrected chi connectivity index (χ2v) is 7.69. The van der Waals surface area contributed by atoms with Crippen LogP contribution in [0.1, 0.15) is 0 Å². The first-order valence-corrected chi connectivity index (χ1v) is 9.31. The van der Waals surface area contributed by atoms with Gasteiger partial charge in [-0.3, -0.25) is 0 Å². The Morgan fingerprint density at radius 3 is 1.71 bits per heavy atom. The van der Waals surface area contributed by atoms with Crippen LogP contribution in [-0.4, -0.2) is 0 Å². The summed E-state index contributed by atoms with van der Waals surface area (Å²) in [6.45, 7) is 0. The molecule has 0 aliphatic heterocycles. The first-order valence-electron chi connectivity index (χ1n) is 7.96. The molecule has 0 aliphatic carbocycles. The third kappa shape index (κ3) is 2.91. The summed E-state index contributed by atoms with van der Waals surface area (Å²) in [6, 6.07) is 34.0. The summed E-state index contributed by atoms with van der Waals surface area (Å²) in [5.74, 6) is 0.921. The SMILES string of the molecule is c1ccc(P(c2ccccc2)c2ccccc2-c2ccco2)cc1. The van der Waals surface area contributed by atoms with Crippen LogP contribution in [0.5, 0.6) is 0 Å². The fourth-order valence-corrected chi connectivity index (χ4v) is 5.35. The highest BCUT2D eigenvalue weighted by molar-refractivity contribution is 7.80. The van der Waals surface area contributed by atoms with Crippen molar-refractivity contribution in [3.8, 4) is 11.3 Å². The van der Waals surface area contributed by atoms with Crippen LogP contribution in [0.15, 0.2) is 108 Å². The van der Waals surface area contributed by atoms with E-state index < -0.39 is 7.92 Å². The lowest BCUT2D eigenvalue weighted by Crippen LogP contribution is -2.21. The molecule has 0 saturated heterocycles. The van der Waals surface area contributed by atoms with Crippen LogP contribution in [0.25, 0.3) is 11.3 Å². The maximum atomic E-state index is 5.69. The summed E-state index contributed by atoms with van der Waals surface area (Å²) in [4.78, 5) is 0. The van der Waals surface area contributed by atoms with Gasteiger partial charge in [0.1, 0.15) is 5.76 Å². The molecule has 0 bridgehead atoms. The fraction of sp³-hybridized carbons (Fsp3) is 0. The van der Waals surface area contributed by atoms with Crippen LogP contribution in [0.4, 0.5) is 0 Å². The normalized spacial score (nSPS) is 10.9. The minimum atomic E-state index is -0.632. The van der Waals surface area contributed by atoms with Gasteiger partial charge in [0.25, 0.3) is 0 Å². The summed E-state index contributed by atoms with van der Waals surface area (Å²) < 4.78 is 5.69. The molecule has 4 rings (SSSR count). The van der Waals surface area contributed by atoms with Gasteiger partial charge in [0.05, 0.1) is 6.26 Å². The van der Waals surface area contributed by atoms with E-state index in [4.69, 9.17) is 4.42 Å². The molecule has 0 amide bonds. The van der Waals surface area contributed by atoms with Crippen molar-refractivity contribution in [2.24, 2.45) is 0 Å². The van der Waals surface area contributed by atoms with E-state index in [-0.39, 0.29) is 0 Å². The first-order chi connectivity index (χ1) is 11.9. The minimum absolute atomic E-state index is 0.632. The maximum Gasteiger partial charge on any atom is 0.134 e. The molecule has 4 aromatic rings. The van der Waals surface area contributed by atoms with E-state index in [9.17, 15) is 0 Å². The zero-order chi connectivity index (χ0) is 16.2. The highest BCUT2D eigenvalue weighted by Gasteiger charge is 2.20. The molecule has 0 unspecified atom stereocenters. The van der Waals surface area contributed by atoms with Crippen LogP contribution in [0.3, 0.4) is 0 Å². The quantitative estimate of drug-likeness (QED) is 0.495. The number of benzene rings is 3. The van der Waals surface area contributed by atoms with Gasteiger partial charge < -0.3 is 4.42 Å². The Labute approximate surface area is 143 Å². The number of rotatable bonds is 4. The molecular weight excluding hydrogens is 311 g/mol. The zero-order valence-electron chi connectivity index (χ0n) is 13.2. The van der Waals surface area contributed by atoms with Crippen molar-refractivity contribution in [3.05, 3.63) is 103 Å². The third-order valence-corrected chi connectivity index (χ3v) is 6.46. The lowest BCUT2D eigenvalue weighted by molar-refractivity contribution is 0.583. The van der Waals surface area contributed by atoms with E-state index in [1.165, 1.54) is 21.5 Å². The van der Waals surface area contributed by atoms with Gasteiger partial charge >= 0.3 is 0 Å². The van der Waals surface area contributed by atoms with Gasteiger partial charge in [0.2, 0.25) is 0 Å². The van der Waals surface area contributed by atoms with Crippen LogP contribution >= 0.6 is 7.92 Å². The number of hydrogen-bond acceptors (Lipinski definition) is 1. The average Bonchev–Trinajstić information content (AvgIpc) is 3.19. The van der Waals surface area contributed by atoms with Gasteiger partial charge in [0, 0.05) is 5.56 Å². The summed E-state index contributed by atoms with van der Waals surface area (Å²) in [5, 5.41) is 4.01. The molecule has 1 aromatic heterocycles. The van der Waals surface area contributed by atoms with Gasteiger partial charge in [-0.05, 0) is 36.0 Å². The average molecular weight is 328 g/mol. The molecule has 0 atom stereocenters. The summed E-state index contributed by atoms with van der Waals surface area (Å²) >= 11 is 0. The van der Waals surface area contributed by atoms with E-state index in [0.717, 1.165) is 5.76 Å². The molecule has 116 valence electrons. The molecule has 0 fully saturated rings. The second kappa shape index (κ2) is 6.86. The molecule has 0 saturated carbocycles. The minimum Gasteiger partial charge on any atom is -0.464 e. The lowest BCUT2D eigenvalue weighted by Gasteiger charge is -2.21. The Morgan fingerprint density at radius 2 is 1.12 bits per heavy atom. The molecule has 24 heavy (non-hydrogen) atoms. The van der Waals surface area contributed by atoms with Crippen LogP contribution in [-0.2, 0) is 0 Å². The molecule has 1 nitrogen and oxygen atoms in total. The Bertz CT molecular complexity index is 860.